The van der Waals surface area contributed by atoms with Crippen molar-refractivity contribution in [3.63, 3.8) is 0 Å². The van der Waals surface area contributed by atoms with Crippen LogP contribution in [0.15, 0.2) is 15.7 Å². The zero-order chi connectivity index (χ0) is 13.9. The molecule has 0 aromatic carbocycles. The summed E-state index contributed by atoms with van der Waals surface area (Å²) in [6.45, 7) is 3.65. The largest absolute Gasteiger partial charge is 0.313 e. The first-order valence-electron chi connectivity index (χ1n) is 6.39. The molecule has 1 saturated heterocycles. The number of hydrogen-bond donors (Lipinski definition) is 1. The Hall–Kier alpha value is -0.0800. The number of thiophene rings is 1. The zero-order valence-corrected chi connectivity index (χ0v) is 13.7. The third-order valence-electron chi connectivity index (χ3n) is 3.26. The van der Waals surface area contributed by atoms with Gasteiger partial charge in [-0.3, -0.25) is 0 Å². The van der Waals surface area contributed by atoms with Crippen LogP contribution in [0.5, 0.6) is 0 Å². The lowest BCUT2D eigenvalue weighted by molar-refractivity contribution is 0.395. The van der Waals surface area contributed by atoms with Gasteiger partial charge in [-0.25, -0.2) is 8.42 Å². The standard InChI is InChI=1S/C12H20N2O2S3/c1-3-13-7-10-6-12(18-8-10)19(15,16)14(2)11-4-5-17-9-11/h6,8,11,13H,3-5,7,9H2,1-2H3. The average Bonchev–Trinajstić information content (AvgIpc) is 3.06. The van der Waals surface area contributed by atoms with Crippen LogP contribution in [0.25, 0.3) is 0 Å². The van der Waals surface area contributed by atoms with Crippen LogP contribution in [0.3, 0.4) is 0 Å². The molecule has 1 aromatic rings. The van der Waals surface area contributed by atoms with Crippen LogP contribution in [-0.4, -0.2) is 43.9 Å². The smallest absolute Gasteiger partial charge is 0.252 e. The molecule has 4 nitrogen and oxygen atoms in total. The van der Waals surface area contributed by atoms with E-state index < -0.39 is 10.0 Å². The Bertz CT molecular complexity index is 507. The third kappa shape index (κ3) is 3.52. The lowest BCUT2D eigenvalue weighted by atomic mass is 10.3. The quantitative estimate of drug-likeness (QED) is 0.871. The van der Waals surface area contributed by atoms with E-state index in [-0.39, 0.29) is 6.04 Å². The lowest BCUT2D eigenvalue weighted by Gasteiger charge is -2.22. The zero-order valence-electron chi connectivity index (χ0n) is 11.3. The van der Waals surface area contributed by atoms with E-state index in [2.05, 4.69) is 5.32 Å². The molecule has 108 valence electrons. The number of sulfonamides is 1. The van der Waals surface area contributed by atoms with Crippen molar-refractivity contribution in [3.8, 4) is 0 Å². The molecule has 2 heterocycles. The van der Waals surface area contributed by atoms with Crippen molar-refractivity contribution in [3.05, 3.63) is 17.0 Å². The first kappa shape index (κ1) is 15.3. The number of rotatable bonds is 6. The highest BCUT2D eigenvalue weighted by Crippen LogP contribution is 2.29. The number of thioether (sulfide) groups is 1. The predicted octanol–water partition coefficient (Wildman–Crippen LogP) is 1.98. The Kier molecular flexibility index (Phi) is 5.30. The highest BCUT2D eigenvalue weighted by molar-refractivity contribution is 7.99. The second-order valence-electron chi connectivity index (χ2n) is 4.59. The monoisotopic (exact) mass is 320 g/mol. The van der Waals surface area contributed by atoms with Crippen LogP contribution >= 0.6 is 23.1 Å². The van der Waals surface area contributed by atoms with Gasteiger partial charge in [-0.2, -0.15) is 16.1 Å². The molecule has 1 aliphatic rings. The van der Waals surface area contributed by atoms with E-state index in [4.69, 9.17) is 0 Å². The fraction of sp³-hybridized carbons (Fsp3) is 0.667. The summed E-state index contributed by atoms with van der Waals surface area (Å²) >= 11 is 3.14. The molecule has 1 unspecified atom stereocenters. The molecule has 0 bridgehead atoms. The highest BCUT2D eigenvalue weighted by atomic mass is 32.2. The minimum atomic E-state index is -3.32. The molecule has 0 spiro atoms. The summed E-state index contributed by atoms with van der Waals surface area (Å²) in [6.07, 6.45) is 0.954. The Balaban J connectivity index is 2.12. The van der Waals surface area contributed by atoms with Crippen molar-refractivity contribution in [2.75, 3.05) is 25.1 Å². The second kappa shape index (κ2) is 6.58. The molecule has 1 aliphatic heterocycles. The molecule has 1 atom stereocenters. The topological polar surface area (TPSA) is 49.4 Å². The number of hydrogen-bond acceptors (Lipinski definition) is 5. The molecule has 0 aliphatic carbocycles. The maximum atomic E-state index is 12.5. The van der Waals surface area contributed by atoms with Gasteiger partial charge in [-0.05, 0) is 35.7 Å². The van der Waals surface area contributed by atoms with Crippen molar-refractivity contribution in [1.29, 1.82) is 0 Å². The predicted molar refractivity (Wildman–Crippen MR) is 82.4 cm³/mol. The van der Waals surface area contributed by atoms with Crippen LogP contribution in [0, 0.1) is 0 Å². The van der Waals surface area contributed by atoms with Crippen molar-refractivity contribution >= 4 is 33.1 Å². The fourth-order valence-electron chi connectivity index (χ4n) is 2.00. The van der Waals surface area contributed by atoms with Gasteiger partial charge in [0.15, 0.2) is 0 Å². The molecule has 19 heavy (non-hydrogen) atoms. The van der Waals surface area contributed by atoms with Crippen LogP contribution in [0.4, 0.5) is 0 Å². The van der Waals surface area contributed by atoms with Gasteiger partial charge in [0.05, 0.1) is 0 Å². The summed E-state index contributed by atoms with van der Waals surface area (Å²) < 4.78 is 27.0. The van der Waals surface area contributed by atoms with Crippen molar-refractivity contribution in [1.82, 2.24) is 9.62 Å². The van der Waals surface area contributed by atoms with E-state index in [1.54, 1.807) is 17.4 Å². The van der Waals surface area contributed by atoms with Crippen LogP contribution in [0.2, 0.25) is 0 Å². The highest BCUT2D eigenvalue weighted by Gasteiger charge is 2.31. The molecule has 2 rings (SSSR count). The van der Waals surface area contributed by atoms with Gasteiger partial charge in [-0.1, -0.05) is 6.92 Å². The average molecular weight is 321 g/mol. The molecule has 7 heteroatoms. The maximum absolute atomic E-state index is 12.5. The minimum Gasteiger partial charge on any atom is -0.313 e. The number of nitrogens with zero attached hydrogens (tertiary/aromatic N) is 1. The molecule has 1 N–H and O–H groups in total. The van der Waals surface area contributed by atoms with E-state index in [0.29, 0.717) is 4.21 Å². The Morgan fingerprint density at radius 1 is 1.53 bits per heavy atom. The summed E-state index contributed by atoms with van der Waals surface area (Å²) in [6, 6.07) is 1.94. The summed E-state index contributed by atoms with van der Waals surface area (Å²) in [5, 5.41) is 5.13. The molecule has 1 fully saturated rings. The third-order valence-corrected chi connectivity index (χ3v) is 7.78. The van der Waals surface area contributed by atoms with E-state index in [1.165, 1.54) is 11.3 Å². The van der Waals surface area contributed by atoms with Gasteiger partial charge in [0, 0.05) is 25.4 Å². The normalized spacial score (nSPS) is 20.3. The molecular weight excluding hydrogens is 300 g/mol. The lowest BCUT2D eigenvalue weighted by Crippen LogP contribution is -2.36. The van der Waals surface area contributed by atoms with Crippen LogP contribution in [0.1, 0.15) is 18.9 Å². The van der Waals surface area contributed by atoms with Gasteiger partial charge in [-0.15, -0.1) is 11.3 Å². The van der Waals surface area contributed by atoms with Crippen molar-refractivity contribution in [2.24, 2.45) is 0 Å². The minimum absolute atomic E-state index is 0.148. The maximum Gasteiger partial charge on any atom is 0.252 e. The van der Waals surface area contributed by atoms with Crippen molar-refractivity contribution < 1.29 is 8.42 Å². The number of nitrogens with one attached hydrogen (secondary N) is 1. The second-order valence-corrected chi connectivity index (χ2v) is 8.88. The Labute approximate surface area is 123 Å². The summed E-state index contributed by atoms with van der Waals surface area (Å²) in [4.78, 5) is 0. The molecule has 0 radical (unpaired) electrons. The summed E-state index contributed by atoms with van der Waals surface area (Å²) in [5.41, 5.74) is 1.04. The van der Waals surface area contributed by atoms with Gasteiger partial charge in [0.1, 0.15) is 4.21 Å². The Morgan fingerprint density at radius 2 is 2.32 bits per heavy atom. The summed E-state index contributed by atoms with van der Waals surface area (Å²) in [5.74, 6) is 1.96. The van der Waals surface area contributed by atoms with Crippen LogP contribution in [-0.2, 0) is 16.6 Å². The van der Waals surface area contributed by atoms with Gasteiger partial charge < -0.3 is 5.32 Å². The van der Waals surface area contributed by atoms with Crippen LogP contribution < -0.4 is 5.32 Å². The summed E-state index contributed by atoms with van der Waals surface area (Å²) in [7, 11) is -1.61. The molecule has 0 amide bonds. The van der Waals surface area contributed by atoms with E-state index in [9.17, 15) is 8.42 Å². The Morgan fingerprint density at radius 3 is 2.95 bits per heavy atom. The van der Waals surface area contributed by atoms with Gasteiger partial charge in [0.25, 0.3) is 10.0 Å². The van der Waals surface area contributed by atoms with Crippen molar-refractivity contribution in [2.45, 2.75) is 30.1 Å². The molecule has 0 saturated carbocycles. The fourth-order valence-corrected chi connectivity index (χ4v) is 6.14. The SMILES string of the molecule is CCNCc1csc(S(=O)(=O)N(C)C2CCSC2)c1. The first-order chi connectivity index (χ1) is 9.05. The van der Waals surface area contributed by atoms with E-state index in [1.807, 2.05) is 24.1 Å². The van der Waals surface area contributed by atoms with Gasteiger partial charge >= 0.3 is 0 Å². The van der Waals surface area contributed by atoms with E-state index in [0.717, 1.165) is 36.6 Å². The van der Waals surface area contributed by atoms with Gasteiger partial charge in [0.2, 0.25) is 0 Å². The molecule has 1 aromatic heterocycles. The first-order valence-corrected chi connectivity index (χ1v) is 9.87. The van der Waals surface area contributed by atoms with E-state index >= 15 is 0 Å². The molecular formula is C12H20N2O2S3.